The van der Waals surface area contributed by atoms with E-state index in [2.05, 4.69) is 0 Å². The smallest absolute Gasteiger partial charge is 0.170 e. The maximum atomic E-state index is 12.4. The summed E-state index contributed by atoms with van der Waals surface area (Å²) in [4.78, 5) is 12.4. The first-order valence-electron chi connectivity index (χ1n) is 8.02. The highest BCUT2D eigenvalue weighted by Crippen LogP contribution is 2.39. The Bertz CT molecular complexity index is 783. The molecule has 0 aliphatic carbocycles. The van der Waals surface area contributed by atoms with Gasteiger partial charge in [-0.1, -0.05) is 6.07 Å². The maximum absolute atomic E-state index is 12.4. The molecule has 2 aliphatic rings. The number of methoxy groups -OCH3 is 1. The summed E-state index contributed by atoms with van der Waals surface area (Å²) in [6.45, 7) is 1.28. The number of Topliss-reactive ketones (excluding diaryl/α,β-unsaturated/α-hetero) is 1. The van der Waals surface area contributed by atoms with E-state index in [1.807, 2.05) is 18.2 Å². The summed E-state index contributed by atoms with van der Waals surface area (Å²) in [5.41, 5.74) is 1.50. The highest BCUT2D eigenvalue weighted by atomic mass is 16.5. The maximum Gasteiger partial charge on any atom is 0.170 e. The Hall–Kier alpha value is -2.69. The fraction of sp³-hybridized carbons (Fsp3) is 0.316. The molecule has 2 heterocycles. The van der Waals surface area contributed by atoms with Crippen molar-refractivity contribution in [1.82, 2.24) is 0 Å². The Morgan fingerprint density at radius 3 is 2.67 bits per heavy atom. The Balaban J connectivity index is 1.65. The number of ketones is 1. The van der Waals surface area contributed by atoms with Gasteiger partial charge in [-0.3, -0.25) is 4.79 Å². The fourth-order valence-electron chi connectivity index (χ4n) is 3.00. The van der Waals surface area contributed by atoms with Crippen LogP contribution in [0.2, 0.25) is 0 Å². The normalized spacial score (nSPS) is 19.0. The summed E-state index contributed by atoms with van der Waals surface area (Å²) < 4.78 is 22.6. The zero-order chi connectivity index (χ0) is 16.5. The zero-order valence-electron chi connectivity index (χ0n) is 13.4. The van der Waals surface area contributed by atoms with Gasteiger partial charge in [-0.25, -0.2) is 0 Å². The molecule has 24 heavy (non-hydrogen) atoms. The lowest BCUT2D eigenvalue weighted by atomic mass is 9.96. The van der Waals surface area contributed by atoms with Crippen LogP contribution in [0.1, 0.15) is 34.9 Å². The molecule has 0 saturated heterocycles. The van der Waals surface area contributed by atoms with Crippen LogP contribution in [0.4, 0.5) is 0 Å². The van der Waals surface area contributed by atoms with Gasteiger partial charge < -0.3 is 18.9 Å². The van der Waals surface area contributed by atoms with Gasteiger partial charge in [0.1, 0.15) is 17.6 Å². The van der Waals surface area contributed by atoms with Crippen molar-refractivity contribution in [2.75, 3.05) is 20.3 Å². The summed E-state index contributed by atoms with van der Waals surface area (Å²) in [7, 11) is 1.59. The zero-order valence-corrected chi connectivity index (χ0v) is 13.4. The van der Waals surface area contributed by atoms with E-state index < -0.39 is 0 Å². The van der Waals surface area contributed by atoms with Gasteiger partial charge in [-0.15, -0.1) is 0 Å². The molecular formula is C19H18O5. The molecule has 0 fully saturated rings. The molecule has 0 radical (unpaired) electrons. The van der Waals surface area contributed by atoms with Gasteiger partial charge in [0.15, 0.2) is 17.3 Å². The average molecular weight is 326 g/mol. The quantitative estimate of drug-likeness (QED) is 0.844. The molecule has 0 amide bonds. The molecule has 1 unspecified atom stereocenters. The predicted molar refractivity (Wildman–Crippen MR) is 87.4 cm³/mol. The third-order valence-corrected chi connectivity index (χ3v) is 4.27. The van der Waals surface area contributed by atoms with Gasteiger partial charge in [0.2, 0.25) is 0 Å². The topological polar surface area (TPSA) is 54.0 Å². The highest BCUT2D eigenvalue weighted by molar-refractivity contribution is 6.00. The highest BCUT2D eigenvalue weighted by Gasteiger charge is 2.29. The third-order valence-electron chi connectivity index (χ3n) is 4.27. The van der Waals surface area contributed by atoms with Crippen molar-refractivity contribution in [3.05, 3.63) is 47.5 Å². The van der Waals surface area contributed by atoms with Crippen LogP contribution < -0.4 is 18.9 Å². The first-order chi connectivity index (χ1) is 11.7. The molecule has 5 heteroatoms. The second-order valence-electron chi connectivity index (χ2n) is 5.85. The first kappa shape index (κ1) is 14.9. The van der Waals surface area contributed by atoms with Crippen LogP contribution in [0, 0.1) is 0 Å². The molecule has 2 aromatic rings. The SMILES string of the molecule is COc1ccc2c(c1)OC(c1ccc3c(c1)OCCCO3)CC2=O. The number of carbonyl (C=O) groups excluding carboxylic acids is 1. The molecule has 0 bridgehead atoms. The fourth-order valence-corrected chi connectivity index (χ4v) is 3.00. The van der Waals surface area contributed by atoms with Gasteiger partial charge in [0.05, 0.1) is 32.3 Å². The van der Waals surface area contributed by atoms with Crippen LogP contribution in [0.15, 0.2) is 36.4 Å². The lowest BCUT2D eigenvalue weighted by Crippen LogP contribution is -2.20. The molecule has 1 atom stereocenters. The van der Waals surface area contributed by atoms with Crippen molar-refractivity contribution >= 4 is 5.78 Å². The van der Waals surface area contributed by atoms with Crippen LogP contribution in [0.25, 0.3) is 0 Å². The molecule has 2 aliphatic heterocycles. The van der Waals surface area contributed by atoms with Crippen LogP contribution in [-0.4, -0.2) is 26.1 Å². The van der Waals surface area contributed by atoms with Crippen molar-refractivity contribution in [3.63, 3.8) is 0 Å². The van der Waals surface area contributed by atoms with Crippen molar-refractivity contribution in [3.8, 4) is 23.0 Å². The molecule has 0 spiro atoms. The Labute approximate surface area is 140 Å². The van der Waals surface area contributed by atoms with Crippen molar-refractivity contribution < 1.29 is 23.7 Å². The van der Waals surface area contributed by atoms with Crippen molar-refractivity contribution in [2.45, 2.75) is 18.9 Å². The van der Waals surface area contributed by atoms with E-state index in [9.17, 15) is 4.79 Å². The lowest BCUT2D eigenvalue weighted by molar-refractivity contribution is 0.0849. The van der Waals surface area contributed by atoms with Crippen LogP contribution >= 0.6 is 0 Å². The second-order valence-corrected chi connectivity index (χ2v) is 5.85. The Morgan fingerprint density at radius 2 is 1.83 bits per heavy atom. The third kappa shape index (κ3) is 2.66. The van der Waals surface area contributed by atoms with Crippen molar-refractivity contribution in [2.24, 2.45) is 0 Å². The number of carbonyl (C=O) groups is 1. The predicted octanol–water partition coefficient (Wildman–Crippen LogP) is 3.56. The van der Waals surface area contributed by atoms with Crippen LogP contribution in [-0.2, 0) is 0 Å². The largest absolute Gasteiger partial charge is 0.497 e. The molecule has 124 valence electrons. The molecule has 0 N–H and O–H groups in total. The first-order valence-corrected chi connectivity index (χ1v) is 8.02. The van der Waals surface area contributed by atoms with Crippen molar-refractivity contribution in [1.29, 1.82) is 0 Å². The van der Waals surface area contributed by atoms with E-state index in [1.54, 1.807) is 25.3 Å². The van der Waals surface area contributed by atoms with E-state index in [1.165, 1.54) is 0 Å². The molecule has 4 rings (SSSR count). The monoisotopic (exact) mass is 326 g/mol. The summed E-state index contributed by atoms with van der Waals surface area (Å²) in [6.07, 6.45) is 0.823. The van der Waals surface area contributed by atoms with E-state index in [0.717, 1.165) is 17.7 Å². The molecule has 0 aromatic heterocycles. The van der Waals surface area contributed by atoms with E-state index in [-0.39, 0.29) is 11.9 Å². The minimum absolute atomic E-state index is 0.0658. The number of hydrogen-bond donors (Lipinski definition) is 0. The van der Waals surface area contributed by atoms with E-state index in [0.29, 0.717) is 42.4 Å². The molecular weight excluding hydrogens is 308 g/mol. The minimum atomic E-state index is -0.339. The number of rotatable bonds is 2. The standard InChI is InChI=1S/C19H18O5/c1-21-13-4-5-14-15(20)11-17(24-18(14)10-13)12-3-6-16-19(9-12)23-8-2-7-22-16/h3-6,9-10,17H,2,7-8,11H2,1H3. The van der Waals surface area contributed by atoms with E-state index >= 15 is 0 Å². The van der Waals surface area contributed by atoms with Gasteiger partial charge in [-0.05, 0) is 29.8 Å². The summed E-state index contributed by atoms with van der Waals surface area (Å²) in [5, 5.41) is 0. The Morgan fingerprint density at radius 1 is 1.00 bits per heavy atom. The van der Waals surface area contributed by atoms with Gasteiger partial charge in [0, 0.05) is 12.5 Å². The summed E-state index contributed by atoms with van der Waals surface area (Å²) in [5.74, 6) is 2.73. The number of hydrogen-bond acceptors (Lipinski definition) is 5. The van der Waals surface area contributed by atoms with Crippen LogP contribution in [0.3, 0.4) is 0 Å². The second kappa shape index (κ2) is 6.07. The van der Waals surface area contributed by atoms with Crippen LogP contribution in [0.5, 0.6) is 23.0 Å². The van der Waals surface area contributed by atoms with Gasteiger partial charge in [-0.2, -0.15) is 0 Å². The number of fused-ring (bicyclic) bond motifs is 2. The summed E-state index contributed by atoms with van der Waals surface area (Å²) >= 11 is 0. The minimum Gasteiger partial charge on any atom is -0.497 e. The Kier molecular flexibility index (Phi) is 3.76. The number of benzene rings is 2. The molecule has 5 nitrogen and oxygen atoms in total. The lowest BCUT2D eigenvalue weighted by Gasteiger charge is -2.26. The number of ether oxygens (including phenoxy) is 4. The summed E-state index contributed by atoms with van der Waals surface area (Å²) in [6, 6.07) is 11.0. The van der Waals surface area contributed by atoms with Gasteiger partial charge in [0.25, 0.3) is 0 Å². The average Bonchev–Trinajstić information content (AvgIpc) is 2.85. The van der Waals surface area contributed by atoms with E-state index in [4.69, 9.17) is 18.9 Å². The molecule has 0 saturated carbocycles. The van der Waals surface area contributed by atoms with Gasteiger partial charge >= 0.3 is 0 Å². The molecule has 2 aromatic carbocycles.